The number of amides is 2. The summed E-state index contributed by atoms with van der Waals surface area (Å²) in [5.41, 5.74) is 4.58. The smallest absolute Gasteiger partial charge is 0.410 e. The fourth-order valence-corrected chi connectivity index (χ4v) is 6.01. The lowest BCUT2D eigenvalue weighted by Crippen LogP contribution is -2.39. The Kier molecular flexibility index (Phi) is 10.9. The Morgan fingerprint density at radius 3 is 1.46 bits per heavy atom. The van der Waals surface area contributed by atoms with Crippen molar-refractivity contribution in [3.05, 3.63) is 59.7 Å². The summed E-state index contributed by atoms with van der Waals surface area (Å²) in [4.78, 5) is 28.5. The van der Waals surface area contributed by atoms with Gasteiger partial charge in [0.05, 0.1) is 32.0 Å². The van der Waals surface area contributed by atoms with E-state index in [0.717, 1.165) is 33.4 Å². The Hall–Kier alpha value is -4.84. The van der Waals surface area contributed by atoms with Gasteiger partial charge in [0.1, 0.15) is 22.7 Å². The lowest BCUT2D eigenvalue weighted by molar-refractivity contribution is 0.0260. The standard InChI is InChI=1S/C38H49N5O7/c1-37(2,3)49-35(45)41-17-13-25(14-18-41)27-9-11-29(31(23-27)47-7)33-39-40-34(43(33)21-22-44)30-12-10-28(24-32(30)48-8)26-15-19-42(20-16-26)36(46)50-38(4,5)6/h9-13,15,23-24,44H,14,16-22H2,1-8H3. The second-order valence-electron chi connectivity index (χ2n) is 14.4. The third kappa shape index (κ3) is 8.47. The summed E-state index contributed by atoms with van der Waals surface area (Å²) < 4.78 is 24.6. The van der Waals surface area contributed by atoms with Gasteiger partial charge in [-0.2, -0.15) is 0 Å². The number of nitrogens with zero attached hydrogens (tertiary/aromatic N) is 5. The van der Waals surface area contributed by atoms with Crippen molar-refractivity contribution in [2.75, 3.05) is 47.0 Å². The van der Waals surface area contributed by atoms with Crippen LogP contribution in [0.15, 0.2) is 48.6 Å². The molecule has 12 heteroatoms. The van der Waals surface area contributed by atoms with E-state index in [-0.39, 0.29) is 25.3 Å². The van der Waals surface area contributed by atoms with Gasteiger partial charge in [0.15, 0.2) is 11.6 Å². The first-order valence-electron chi connectivity index (χ1n) is 17.0. The monoisotopic (exact) mass is 687 g/mol. The van der Waals surface area contributed by atoms with Gasteiger partial charge in [0, 0.05) is 32.7 Å². The van der Waals surface area contributed by atoms with Gasteiger partial charge in [-0.05, 0) is 101 Å². The van der Waals surface area contributed by atoms with Crippen molar-refractivity contribution in [2.24, 2.45) is 0 Å². The molecular weight excluding hydrogens is 638 g/mol. The lowest BCUT2D eigenvalue weighted by atomic mass is 9.97. The van der Waals surface area contributed by atoms with E-state index in [2.05, 4.69) is 10.2 Å². The van der Waals surface area contributed by atoms with Gasteiger partial charge in [-0.25, -0.2) is 9.59 Å². The first kappa shape index (κ1) is 36.4. The number of carbonyl (C=O) groups excluding carboxylic acids is 2. The van der Waals surface area contributed by atoms with E-state index in [9.17, 15) is 14.7 Å². The minimum absolute atomic E-state index is 0.124. The summed E-state index contributed by atoms with van der Waals surface area (Å²) in [5, 5.41) is 19.2. The van der Waals surface area contributed by atoms with Crippen LogP contribution in [0.4, 0.5) is 9.59 Å². The van der Waals surface area contributed by atoms with E-state index in [1.165, 1.54) is 0 Å². The van der Waals surface area contributed by atoms with Gasteiger partial charge in [-0.15, -0.1) is 10.2 Å². The molecule has 1 aromatic heterocycles. The topological polar surface area (TPSA) is 128 Å². The molecule has 3 aromatic rings. The van der Waals surface area contributed by atoms with E-state index in [4.69, 9.17) is 18.9 Å². The molecular formula is C38H49N5O7. The molecule has 0 saturated carbocycles. The van der Waals surface area contributed by atoms with Crippen molar-refractivity contribution in [1.29, 1.82) is 0 Å². The van der Waals surface area contributed by atoms with Gasteiger partial charge in [0.25, 0.3) is 0 Å². The molecule has 0 radical (unpaired) electrons. The van der Waals surface area contributed by atoms with Gasteiger partial charge in [-0.3, -0.25) is 0 Å². The molecule has 268 valence electrons. The highest BCUT2D eigenvalue weighted by Crippen LogP contribution is 2.38. The molecule has 50 heavy (non-hydrogen) atoms. The number of methoxy groups -OCH3 is 2. The van der Waals surface area contributed by atoms with Crippen LogP contribution in [0.1, 0.15) is 65.5 Å². The number of hydrogen-bond acceptors (Lipinski definition) is 9. The first-order chi connectivity index (χ1) is 23.7. The molecule has 2 aliphatic heterocycles. The molecule has 2 aliphatic rings. The van der Waals surface area contributed by atoms with Gasteiger partial charge < -0.3 is 38.4 Å². The van der Waals surface area contributed by atoms with Crippen LogP contribution in [0.3, 0.4) is 0 Å². The molecule has 0 fully saturated rings. The van der Waals surface area contributed by atoms with Crippen LogP contribution in [0.2, 0.25) is 0 Å². The quantitative estimate of drug-likeness (QED) is 0.276. The fraction of sp³-hybridized carbons (Fsp3) is 0.474. The molecule has 2 aromatic carbocycles. The second kappa shape index (κ2) is 15.0. The van der Waals surface area contributed by atoms with E-state index in [0.29, 0.717) is 62.2 Å². The Labute approximate surface area is 294 Å². The van der Waals surface area contributed by atoms with Crippen LogP contribution in [-0.4, -0.2) is 100 Å². The average molecular weight is 688 g/mol. The highest BCUT2D eigenvalue weighted by atomic mass is 16.6. The van der Waals surface area contributed by atoms with Crippen LogP contribution in [-0.2, 0) is 16.0 Å². The number of rotatable bonds is 8. The Balaban J connectivity index is 1.39. The van der Waals surface area contributed by atoms with Crippen molar-refractivity contribution in [3.8, 4) is 34.3 Å². The van der Waals surface area contributed by atoms with E-state index in [1.807, 2.05) is 94.7 Å². The molecule has 0 saturated heterocycles. The fourth-order valence-electron chi connectivity index (χ4n) is 6.01. The number of aromatic nitrogens is 3. The zero-order valence-electron chi connectivity index (χ0n) is 30.4. The molecule has 0 aliphatic carbocycles. The number of hydrogen-bond donors (Lipinski definition) is 1. The maximum absolute atomic E-state index is 12.5. The molecule has 0 unspecified atom stereocenters. The number of aliphatic hydroxyl groups excluding tert-OH is 1. The zero-order valence-corrected chi connectivity index (χ0v) is 30.4. The van der Waals surface area contributed by atoms with Crippen LogP contribution in [0.25, 0.3) is 33.9 Å². The Bertz CT molecular complexity index is 1660. The summed E-state index contributed by atoms with van der Waals surface area (Å²) >= 11 is 0. The number of ether oxygens (including phenoxy) is 4. The van der Waals surface area contributed by atoms with Gasteiger partial charge >= 0.3 is 12.2 Å². The zero-order chi connectivity index (χ0) is 36.2. The Morgan fingerprint density at radius 2 is 1.14 bits per heavy atom. The second-order valence-corrected chi connectivity index (χ2v) is 14.4. The van der Waals surface area contributed by atoms with Crippen molar-refractivity contribution >= 4 is 23.3 Å². The Morgan fingerprint density at radius 1 is 0.720 bits per heavy atom. The number of carbonyl (C=O) groups is 2. The highest BCUT2D eigenvalue weighted by molar-refractivity contribution is 5.79. The van der Waals surface area contributed by atoms with Gasteiger partial charge in [-0.1, -0.05) is 24.3 Å². The van der Waals surface area contributed by atoms with E-state index in [1.54, 1.807) is 24.0 Å². The normalized spacial score (nSPS) is 15.3. The summed E-state index contributed by atoms with van der Waals surface area (Å²) in [6, 6.07) is 11.9. The summed E-state index contributed by atoms with van der Waals surface area (Å²) in [6.07, 6.45) is 4.82. The van der Waals surface area contributed by atoms with Crippen LogP contribution in [0, 0.1) is 0 Å². The molecule has 3 heterocycles. The largest absolute Gasteiger partial charge is 0.496 e. The molecule has 0 atom stereocenters. The maximum atomic E-state index is 12.5. The summed E-state index contributed by atoms with van der Waals surface area (Å²) in [5.74, 6) is 2.33. The third-order valence-electron chi connectivity index (χ3n) is 8.42. The maximum Gasteiger partial charge on any atom is 0.410 e. The highest BCUT2D eigenvalue weighted by Gasteiger charge is 2.27. The molecule has 2 amide bonds. The molecule has 5 rings (SSSR count). The molecule has 0 bridgehead atoms. The molecule has 1 N–H and O–H groups in total. The number of benzene rings is 2. The lowest BCUT2D eigenvalue weighted by Gasteiger charge is -2.29. The minimum atomic E-state index is -0.545. The van der Waals surface area contributed by atoms with Crippen molar-refractivity contribution in [2.45, 2.75) is 72.1 Å². The van der Waals surface area contributed by atoms with Gasteiger partial charge in [0.2, 0.25) is 0 Å². The van der Waals surface area contributed by atoms with E-state index >= 15 is 0 Å². The van der Waals surface area contributed by atoms with E-state index < -0.39 is 11.2 Å². The van der Waals surface area contributed by atoms with Crippen LogP contribution >= 0.6 is 0 Å². The summed E-state index contributed by atoms with van der Waals surface area (Å²) in [6.45, 7) is 13.3. The van der Waals surface area contributed by atoms with Crippen LogP contribution in [0.5, 0.6) is 11.5 Å². The van der Waals surface area contributed by atoms with Crippen molar-refractivity contribution < 1.29 is 33.6 Å². The predicted octanol–water partition coefficient (Wildman–Crippen LogP) is 6.67. The SMILES string of the molecule is COc1cc(C2=CCN(C(=O)OC(C)(C)C)CC2)ccc1-c1nnc(-c2ccc(C3=CCN(C(=O)OC(C)(C)C)CC3)cc2OC)n1CCO. The third-order valence-corrected chi connectivity index (χ3v) is 8.42. The minimum Gasteiger partial charge on any atom is -0.496 e. The number of aliphatic hydroxyl groups is 1. The summed E-state index contributed by atoms with van der Waals surface area (Å²) in [7, 11) is 3.23. The molecule has 0 spiro atoms. The molecule has 12 nitrogen and oxygen atoms in total. The average Bonchev–Trinajstić information content (AvgIpc) is 3.49. The van der Waals surface area contributed by atoms with Crippen molar-refractivity contribution in [1.82, 2.24) is 24.6 Å². The van der Waals surface area contributed by atoms with Crippen molar-refractivity contribution in [3.63, 3.8) is 0 Å². The van der Waals surface area contributed by atoms with Crippen LogP contribution < -0.4 is 9.47 Å². The predicted molar refractivity (Wildman–Crippen MR) is 192 cm³/mol. The first-order valence-corrected chi connectivity index (χ1v) is 17.0.